The van der Waals surface area contributed by atoms with Gasteiger partial charge in [0.15, 0.2) is 0 Å². The predicted molar refractivity (Wildman–Crippen MR) is 58.3 cm³/mol. The number of aromatic amines is 1. The Bertz CT molecular complexity index is 271. The summed E-state index contributed by atoms with van der Waals surface area (Å²) in [5, 5.41) is 9.01. The van der Waals surface area contributed by atoms with Crippen LogP contribution in [0, 0.1) is 0 Å². The highest BCUT2D eigenvalue weighted by Gasteiger charge is 2.22. The molecule has 1 aromatic heterocycles. The second-order valence-electron chi connectivity index (χ2n) is 4.17. The van der Waals surface area contributed by atoms with Crippen molar-refractivity contribution >= 4 is 0 Å². The van der Waals surface area contributed by atoms with E-state index in [1.54, 1.807) is 6.20 Å². The second-order valence-corrected chi connectivity index (χ2v) is 4.17. The number of nitrogens with one attached hydrogen (secondary N) is 1. The summed E-state index contributed by atoms with van der Waals surface area (Å²) >= 11 is 0. The number of hydrogen-bond donors (Lipinski definition) is 2. The van der Waals surface area contributed by atoms with Gasteiger partial charge >= 0.3 is 0 Å². The molecule has 1 saturated heterocycles. The van der Waals surface area contributed by atoms with E-state index < -0.39 is 0 Å². The molecule has 0 aromatic carbocycles. The van der Waals surface area contributed by atoms with Crippen molar-refractivity contribution in [1.82, 2.24) is 14.9 Å². The third kappa shape index (κ3) is 2.79. The number of aliphatic hydroxyl groups excluding tert-OH is 1. The Balaban J connectivity index is 1.92. The minimum absolute atomic E-state index is 0.291. The molecule has 0 radical (unpaired) electrons. The summed E-state index contributed by atoms with van der Waals surface area (Å²) in [6, 6.07) is 0.536. The van der Waals surface area contributed by atoms with Crippen molar-refractivity contribution in [1.29, 1.82) is 0 Å². The Hall–Kier alpha value is -0.870. The number of imidazole rings is 1. The van der Waals surface area contributed by atoms with Crippen LogP contribution in [-0.2, 0) is 6.54 Å². The normalized spacial score (nSPS) is 23.1. The van der Waals surface area contributed by atoms with Gasteiger partial charge in [0.05, 0.1) is 6.54 Å². The van der Waals surface area contributed by atoms with E-state index in [-0.39, 0.29) is 0 Å². The average molecular weight is 209 g/mol. The van der Waals surface area contributed by atoms with E-state index in [0.29, 0.717) is 12.6 Å². The minimum atomic E-state index is 0.291. The van der Waals surface area contributed by atoms with Gasteiger partial charge in [0.1, 0.15) is 5.82 Å². The van der Waals surface area contributed by atoms with Gasteiger partial charge in [-0.3, -0.25) is 4.90 Å². The van der Waals surface area contributed by atoms with Crippen LogP contribution >= 0.6 is 0 Å². The minimum Gasteiger partial charge on any atom is -0.396 e. The molecular weight excluding hydrogens is 190 g/mol. The molecule has 1 unspecified atom stereocenters. The van der Waals surface area contributed by atoms with E-state index in [9.17, 15) is 0 Å². The van der Waals surface area contributed by atoms with E-state index in [1.165, 1.54) is 19.3 Å². The Kier molecular flexibility index (Phi) is 3.75. The first-order valence-corrected chi connectivity index (χ1v) is 5.73. The highest BCUT2D eigenvalue weighted by molar-refractivity contribution is 4.89. The molecule has 1 atom stereocenters. The molecule has 1 aliphatic heterocycles. The van der Waals surface area contributed by atoms with Gasteiger partial charge in [-0.25, -0.2) is 4.98 Å². The molecule has 84 valence electrons. The summed E-state index contributed by atoms with van der Waals surface area (Å²) in [4.78, 5) is 9.81. The lowest BCUT2D eigenvalue weighted by Gasteiger charge is -2.34. The quantitative estimate of drug-likeness (QED) is 0.782. The van der Waals surface area contributed by atoms with Crippen LogP contribution in [0.1, 0.15) is 31.5 Å². The number of rotatable bonds is 4. The van der Waals surface area contributed by atoms with Crippen molar-refractivity contribution in [3.05, 3.63) is 18.2 Å². The molecule has 0 saturated carbocycles. The summed E-state index contributed by atoms with van der Waals surface area (Å²) in [5.41, 5.74) is 0. The lowest BCUT2D eigenvalue weighted by molar-refractivity contribution is 0.110. The number of aliphatic hydroxyl groups is 1. The largest absolute Gasteiger partial charge is 0.396 e. The number of aromatic nitrogens is 2. The van der Waals surface area contributed by atoms with Crippen LogP contribution in [0.2, 0.25) is 0 Å². The average Bonchev–Trinajstić information content (AvgIpc) is 2.74. The summed E-state index contributed by atoms with van der Waals surface area (Å²) in [6.07, 6.45) is 8.31. The fraction of sp³-hybridized carbons (Fsp3) is 0.727. The van der Waals surface area contributed by atoms with Crippen LogP contribution < -0.4 is 0 Å². The zero-order chi connectivity index (χ0) is 10.5. The summed E-state index contributed by atoms with van der Waals surface area (Å²) in [7, 11) is 0. The number of H-pyrrole nitrogens is 1. The highest BCUT2D eigenvalue weighted by Crippen LogP contribution is 2.20. The van der Waals surface area contributed by atoms with Crippen molar-refractivity contribution in [2.24, 2.45) is 0 Å². The monoisotopic (exact) mass is 209 g/mol. The molecule has 1 aliphatic rings. The van der Waals surface area contributed by atoms with E-state index in [4.69, 9.17) is 5.11 Å². The summed E-state index contributed by atoms with van der Waals surface area (Å²) in [6.45, 7) is 2.31. The van der Waals surface area contributed by atoms with E-state index in [2.05, 4.69) is 14.9 Å². The molecule has 2 N–H and O–H groups in total. The number of nitrogens with zero attached hydrogens (tertiary/aromatic N) is 2. The van der Waals surface area contributed by atoms with Crippen LogP contribution in [0.3, 0.4) is 0 Å². The van der Waals surface area contributed by atoms with Gasteiger partial charge in [0.2, 0.25) is 0 Å². The molecule has 0 bridgehead atoms. The molecule has 4 nitrogen and oxygen atoms in total. The predicted octanol–water partition coefficient (Wildman–Crippen LogP) is 1.15. The molecule has 0 aliphatic carbocycles. The standard InChI is InChI=1S/C11H19N3O/c15-8-4-10-3-1-2-7-14(10)9-11-12-5-6-13-11/h5-6,10,15H,1-4,7-9H2,(H,12,13). The fourth-order valence-electron chi connectivity index (χ4n) is 2.32. The molecular formula is C11H19N3O. The van der Waals surface area contributed by atoms with Gasteiger partial charge in [-0.1, -0.05) is 6.42 Å². The Labute approximate surface area is 90.3 Å². The zero-order valence-electron chi connectivity index (χ0n) is 9.02. The molecule has 0 spiro atoms. The Morgan fingerprint density at radius 2 is 2.47 bits per heavy atom. The molecule has 4 heteroatoms. The number of hydrogen-bond acceptors (Lipinski definition) is 3. The molecule has 1 aromatic rings. The third-order valence-electron chi connectivity index (χ3n) is 3.12. The zero-order valence-corrected chi connectivity index (χ0v) is 9.02. The van der Waals surface area contributed by atoms with Crippen molar-refractivity contribution in [2.75, 3.05) is 13.2 Å². The van der Waals surface area contributed by atoms with Crippen LogP contribution in [0.4, 0.5) is 0 Å². The fourth-order valence-corrected chi connectivity index (χ4v) is 2.32. The topological polar surface area (TPSA) is 52.1 Å². The number of likely N-dealkylation sites (tertiary alicyclic amines) is 1. The Morgan fingerprint density at radius 3 is 3.20 bits per heavy atom. The van der Waals surface area contributed by atoms with E-state index in [1.807, 2.05) is 6.20 Å². The van der Waals surface area contributed by atoms with Crippen molar-refractivity contribution < 1.29 is 5.11 Å². The second kappa shape index (κ2) is 5.28. The molecule has 2 heterocycles. The van der Waals surface area contributed by atoms with Crippen molar-refractivity contribution in [3.8, 4) is 0 Å². The van der Waals surface area contributed by atoms with E-state index >= 15 is 0 Å². The SMILES string of the molecule is OCCC1CCCCN1Cc1ncc[nH]1. The van der Waals surface area contributed by atoms with Gasteiger partial charge in [-0.2, -0.15) is 0 Å². The lowest BCUT2D eigenvalue weighted by atomic mass is 10.00. The van der Waals surface area contributed by atoms with Crippen molar-refractivity contribution in [3.63, 3.8) is 0 Å². The molecule has 1 fully saturated rings. The first kappa shape index (κ1) is 10.6. The van der Waals surface area contributed by atoms with Gasteiger partial charge in [-0.05, 0) is 25.8 Å². The van der Waals surface area contributed by atoms with Gasteiger partial charge in [0, 0.05) is 25.0 Å². The maximum absolute atomic E-state index is 9.01. The van der Waals surface area contributed by atoms with Gasteiger partial charge in [0.25, 0.3) is 0 Å². The highest BCUT2D eigenvalue weighted by atomic mass is 16.3. The molecule has 0 amide bonds. The maximum atomic E-state index is 9.01. The van der Waals surface area contributed by atoms with Crippen molar-refractivity contribution in [2.45, 2.75) is 38.3 Å². The first-order valence-electron chi connectivity index (χ1n) is 5.73. The molecule has 15 heavy (non-hydrogen) atoms. The van der Waals surface area contributed by atoms with Crippen LogP contribution in [-0.4, -0.2) is 39.2 Å². The van der Waals surface area contributed by atoms with Gasteiger partial charge < -0.3 is 10.1 Å². The van der Waals surface area contributed by atoms with Gasteiger partial charge in [-0.15, -0.1) is 0 Å². The lowest BCUT2D eigenvalue weighted by Crippen LogP contribution is -2.39. The van der Waals surface area contributed by atoms with E-state index in [0.717, 1.165) is 25.3 Å². The Morgan fingerprint density at radius 1 is 1.53 bits per heavy atom. The van der Waals surface area contributed by atoms with Crippen LogP contribution in [0.25, 0.3) is 0 Å². The third-order valence-corrected chi connectivity index (χ3v) is 3.12. The maximum Gasteiger partial charge on any atom is 0.120 e. The summed E-state index contributed by atoms with van der Waals surface area (Å²) < 4.78 is 0. The molecule has 2 rings (SSSR count). The number of piperidine rings is 1. The summed E-state index contributed by atoms with van der Waals surface area (Å²) in [5.74, 6) is 1.03. The smallest absolute Gasteiger partial charge is 0.120 e. The first-order chi connectivity index (χ1) is 7.40. The van der Waals surface area contributed by atoms with Crippen LogP contribution in [0.15, 0.2) is 12.4 Å². The van der Waals surface area contributed by atoms with Crippen LogP contribution in [0.5, 0.6) is 0 Å².